The van der Waals surface area contributed by atoms with E-state index in [9.17, 15) is 9.59 Å². The molecule has 7 nitrogen and oxygen atoms in total. The number of nitrogens with one attached hydrogen (secondary N) is 2. The molecule has 0 aliphatic carbocycles. The van der Waals surface area contributed by atoms with Crippen molar-refractivity contribution in [3.8, 4) is 5.75 Å². The SMILES string of the molecule is COc1ccc(NC(=O)C(=O)NCC(c2cccn2C)N(C)C)cc1. The lowest BCUT2D eigenvalue weighted by Crippen LogP contribution is -2.40. The number of hydrogen-bond acceptors (Lipinski definition) is 4. The summed E-state index contributed by atoms with van der Waals surface area (Å²) in [6.45, 7) is 0.333. The van der Waals surface area contributed by atoms with Crippen molar-refractivity contribution in [3.63, 3.8) is 0 Å². The van der Waals surface area contributed by atoms with E-state index in [0.29, 0.717) is 18.0 Å². The van der Waals surface area contributed by atoms with E-state index < -0.39 is 11.8 Å². The number of methoxy groups -OCH3 is 1. The van der Waals surface area contributed by atoms with Crippen molar-refractivity contribution in [2.45, 2.75) is 6.04 Å². The van der Waals surface area contributed by atoms with E-state index in [0.717, 1.165) is 5.69 Å². The molecule has 0 spiro atoms. The van der Waals surface area contributed by atoms with Gasteiger partial charge in [0.1, 0.15) is 5.75 Å². The fraction of sp³-hybridized carbons (Fsp3) is 0.333. The van der Waals surface area contributed by atoms with Gasteiger partial charge in [0.2, 0.25) is 0 Å². The third-order valence-electron chi connectivity index (χ3n) is 3.96. The molecule has 0 radical (unpaired) electrons. The average Bonchev–Trinajstić information content (AvgIpc) is 3.01. The molecule has 2 amide bonds. The number of benzene rings is 1. The Bertz CT molecular complexity index is 722. The monoisotopic (exact) mass is 344 g/mol. The molecule has 1 atom stereocenters. The van der Waals surface area contributed by atoms with Gasteiger partial charge in [0.15, 0.2) is 0 Å². The van der Waals surface area contributed by atoms with Gasteiger partial charge in [-0.2, -0.15) is 0 Å². The summed E-state index contributed by atoms with van der Waals surface area (Å²) >= 11 is 0. The molecule has 0 aliphatic rings. The summed E-state index contributed by atoms with van der Waals surface area (Å²) in [4.78, 5) is 26.1. The fourth-order valence-corrected chi connectivity index (χ4v) is 2.50. The zero-order chi connectivity index (χ0) is 18.4. The summed E-state index contributed by atoms with van der Waals surface area (Å²) in [5, 5.41) is 5.26. The molecule has 1 aromatic heterocycles. The first-order valence-corrected chi connectivity index (χ1v) is 7.93. The van der Waals surface area contributed by atoms with Crippen LogP contribution in [0.2, 0.25) is 0 Å². The Hall–Kier alpha value is -2.80. The van der Waals surface area contributed by atoms with E-state index in [-0.39, 0.29) is 6.04 Å². The van der Waals surface area contributed by atoms with Gasteiger partial charge in [0.05, 0.1) is 13.2 Å². The minimum absolute atomic E-state index is 0.0299. The molecular weight excluding hydrogens is 320 g/mol. The molecule has 7 heteroatoms. The second-order valence-electron chi connectivity index (χ2n) is 5.92. The van der Waals surface area contributed by atoms with Crippen molar-refractivity contribution in [1.82, 2.24) is 14.8 Å². The van der Waals surface area contributed by atoms with Gasteiger partial charge in [-0.25, -0.2) is 0 Å². The summed E-state index contributed by atoms with van der Waals surface area (Å²) in [5.41, 5.74) is 1.59. The summed E-state index contributed by atoms with van der Waals surface area (Å²) in [6, 6.07) is 10.7. The second kappa shape index (κ2) is 8.34. The number of aromatic nitrogens is 1. The van der Waals surface area contributed by atoms with Crippen LogP contribution in [-0.2, 0) is 16.6 Å². The van der Waals surface area contributed by atoms with Crippen LogP contribution in [0.25, 0.3) is 0 Å². The summed E-state index contributed by atoms with van der Waals surface area (Å²) in [7, 11) is 7.38. The highest BCUT2D eigenvalue weighted by Gasteiger charge is 2.20. The van der Waals surface area contributed by atoms with Crippen molar-refractivity contribution < 1.29 is 14.3 Å². The maximum atomic E-state index is 12.1. The van der Waals surface area contributed by atoms with E-state index >= 15 is 0 Å². The molecule has 134 valence electrons. The minimum atomic E-state index is -0.699. The van der Waals surface area contributed by atoms with Crippen molar-refractivity contribution in [3.05, 3.63) is 48.3 Å². The van der Waals surface area contributed by atoms with E-state index in [4.69, 9.17) is 4.74 Å². The highest BCUT2D eigenvalue weighted by atomic mass is 16.5. The topological polar surface area (TPSA) is 75.6 Å². The number of ether oxygens (including phenoxy) is 1. The first-order valence-electron chi connectivity index (χ1n) is 7.93. The van der Waals surface area contributed by atoms with Gasteiger partial charge in [-0.3, -0.25) is 14.5 Å². The molecule has 25 heavy (non-hydrogen) atoms. The summed E-state index contributed by atoms with van der Waals surface area (Å²) < 4.78 is 7.05. The Labute approximate surface area is 147 Å². The lowest BCUT2D eigenvalue weighted by molar-refractivity contribution is -0.136. The number of amides is 2. The normalized spacial score (nSPS) is 11.9. The van der Waals surface area contributed by atoms with Gasteiger partial charge in [-0.15, -0.1) is 0 Å². The van der Waals surface area contributed by atoms with E-state index in [2.05, 4.69) is 10.6 Å². The van der Waals surface area contributed by atoms with Gasteiger partial charge in [0, 0.05) is 31.2 Å². The predicted octanol–water partition coefficient (Wildman–Crippen LogP) is 1.39. The molecule has 0 saturated carbocycles. The Morgan fingerprint density at radius 3 is 2.36 bits per heavy atom. The van der Waals surface area contributed by atoms with Crippen LogP contribution in [0.1, 0.15) is 11.7 Å². The lowest BCUT2D eigenvalue weighted by Gasteiger charge is -2.25. The van der Waals surface area contributed by atoms with Crippen LogP contribution in [-0.4, -0.2) is 49.0 Å². The zero-order valence-corrected chi connectivity index (χ0v) is 14.9. The van der Waals surface area contributed by atoms with Crippen molar-refractivity contribution >= 4 is 17.5 Å². The smallest absolute Gasteiger partial charge is 0.313 e. The number of aryl methyl sites for hydroxylation is 1. The van der Waals surface area contributed by atoms with Gasteiger partial charge in [-0.1, -0.05) is 0 Å². The minimum Gasteiger partial charge on any atom is -0.497 e. The van der Waals surface area contributed by atoms with Gasteiger partial charge in [-0.05, 0) is 50.5 Å². The summed E-state index contributed by atoms with van der Waals surface area (Å²) in [6.07, 6.45) is 1.95. The van der Waals surface area contributed by atoms with Gasteiger partial charge in [0.25, 0.3) is 0 Å². The molecule has 2 N–H and O–H groups in total. The van der Waals surface area contributed by atoms with E-state index in [1.54, 1.807) is 31.4 Å². The van der Waals surface area contributed by atoms with Crippen LogP contribution in [0.4, 0.5) is 5.69 Å². The van der Waals surface area contributed by atoms with Crippen LogP contribution in [0.3, 0.4) is 0 Å². The molecular formula is C18H24N4O3. The largest absolute Gasteiger partial charge is 0.497 e. The first kappa shape index (κ1) is 18.5. The Kier molecular flexibility index (Phi) is 6.19. The molecule has 1 aromatic carbocycles. The molecule has 0 aliphatic heterocycles. The molecule has 2 rings (SSSR count). The number of nitrogens with zero attached hydrogens (tertiary/aromatic N) is 2. The maximum absolute atomic E-state index is 12.1. The van der Waals surface area contributed by atoms with E-state index in [1.807, 2.05) is 48.9 Å². The third kappa shape index (κ3) is 4.84. The van der Waals surface area contributed by atoms with Crippen molar-refractivity contribution in [2.75, 3.05) is 33.1 Å². The number of hydrogen-bond donors (Lipinski definition) is 2. The number of carbonyl (C=O) groups is 2. The Balaban J connectivity index is 1.93. The standard InChI is InChI=1S/C18H24N4O3/c1-21(2)16(15-6-5-11-22(15)3)12-19-17(23)18(24)20-13-7-9-14(25-4)10-8-13/h5-11,16H,12H2,1-4H3,(H,19,23)(H,20,24). The molecule has 1 heterocycles. The van der Waals surface area contributed by atoms with Crippen molar-refractivity contribution in [1.29, 1.82) is 0 Å². The average molecular weight is 344 g/mol. The van der Waals surface area contributed by atoms with Crippen LogP contribution in [0.15, 0.2) is 42.6 Å². The molecule has 1 unspecified atom stereocenters. The highest BCUT2D eigenvalue weighted by Crippen LogP contribution is 2.17. The predicted molar refractivity (Wildman–Crippen MR) is 96.5 cm³/mol. The molecule has 0 saturated heterocycles. The van der Waals surface area contributed by atoms with Crippen molar-refractivity contribution in [2.24, 2.45) is 7.05 Å². The second-order valence-corrected chi connectivity index (χ2v) is 5.92. The Morgan fingerprint density at radius 1 is 1.16 bits per heavy atom. The van der Waals surface area contributed by atoms with Crippen LogP contribution in [0.5, 0.6) is 5.75 Å². The molecule has 2 aromatic rings. The highest BCUT2D eigenvalue weighted by molar-refractivity contribution is 6.39. The van der Waals surface area contributed by atoms with Crippen LogP contribution < -0.4 is 15.4 Å². The fourth-order valence-electron chi connectivity index (χ4n) is 2.50. The number of likely N-dealkylation sites (N-methyl/N-ethyl adjacent to an activating group) is 1. The van der Waals surface area contributed by atoms with Gasteiger partial charge < -0.3 is 19.9 Å². The van der Waals surface area contributed by atoms with Gasteiger partial charge >= 0.3 is 11.8 Å². The first-order chi connectivity index (χ1) is 11.9. The number of carbonyl (C=O) groups excluding carboxylic acids is 2. The maximum Gasteiger partial charge on any atom is 0.313 e. The van der Waals surface area contributed by atoms with Crippen LogP contribution >= 0.6 is 0 Å². The van der Waals surface area contributed by atoms with Crippen LogP contribution in [0, 0.1) is 0 Å². The third-order valence-corrected chi connectivity index (χ3v) is 3.96. The lowest BCUT2D eigenvalue weighted by atomic mass is 10.2. The van der Waals surface area contributed by atoms with E-state index in [1.165, 1.54) is 0 Å². The quantitative estimate of drug-likeness (QED) is 0.777. The molecule has 0 bridgehead atoms. The molecule has 0 fully saturated rings. The summed E-state index contributed by atoms with van der Waals surface area (Å²) in [5.74, 6) is -0.690. The Morgan fingerprint density at radius 2 is 1.84 bits per heavy atom. The zero-order valence-electron chi connectivity index (χ0n) is 14.9. The number of rotatable bonds is 6. The number of anilines is 1.